The predicted octanol–water partition coefficient (Wildman–Crippen LogP) is 2.55. The summed E-state index contributed by atoms with van der Waals surface area (Å²) >= 11 is 0. The molecule has 1 atom stereocenters. The van der Waals surface area contributed by atoms with E-state index in [0.29, 0.717) is 12.5 Å². The zero-order chi connectivity index (χ0) is 13.1. The second kappa shape index (κ2) is 10.6. The highest BCUT2D eigenvalue weighted by Crippen LogP contribution is 2.06. The van der Waals surface area contributed by atoms with Crippen LogP contribution in [0.25, 0.3) is 0 Å². The molecule has 102 valence electrons. The fourth-order valence-corrected chi connectivity index (χ4v) is 1.84. The van der Waals surface area contributed by atoms with Gasteiger partial charge in [-0.1, -0.05) is 52.9 Å². The van der Waals surface area contributed by atoms with Crippen molar-refractivity contribution in [2.24, 2.45) is 5.92 Å². The van der Waals surface area contributed by atoms with Gasteiger partial charge in [0.05, 0.1) is 6.61 Å². The Kier molecular flexibility index (Phi) is 10.2. The first-order valence-corrected chi connectivity index (χ1v) is 7.07. The number of ether oxygens (including phenoxy) is 1. The molecule has 0 aliphatic rings. The monoisotopic (exact) mass is 244 g/mol. The molecule has 0 spiro atoms. The predicted molar refractivity (Wildman–Crippen MR) is 70.5 cm³/mol. The SMILES string of the molecule is CCCCCCCCOC(=O)[C@H]([NH3+])CC(C)C. The van der Waals surface area contributed by atoms with Gasteiger partial charge < -0.3 is 10.5 Å². The van der Waals surface area contributed by atoms with Crippen LogP contribution < -0.4 is 5.73 Å². The van der Waals surface area contributed by atoms with Gasteiger partial charge in [-0.15, -0.1) is 0 Å². The van der Waals surface area contributed by atoms with Crippen molar-refractivity contribution in [3.05, 3.63) is 0 Å². The summed E-state index contributed by atoms with van der Waals surface area (Å²) in [5.74, 6) is 0.367. The molecule has 0 fully saturated rings. The van der Waals surface area contributed by atoms with Crippen molar-refractivity contribution in [2.75, 3.05) is 6.61 Å². The second-order valence-electron chi connectivity index (χ2n) is 5.26. The van der Waals surface area contributed by atoms with Gasteiger partial charge in [0.2, 0.25) is 0 Å². The van der Waals surface area contributed by atoms with Crippen molar-refractivity contribution in [1.82, 2.24) is 0 Å². The van der Waals surface area contributed by atoms with E-state index in [1.165, 1.54) is 32.1 Å². The van der Waals surface area contributed by atoms with Gasteiger partial charge >= 0.3 is 5.97 Å². The molecule has 3 heteroatoms. The number of carbonyl (C=O) groups excluding carboxylic acids is 1. The third-order valence-corrected chi connectivity index (χ3v) is 2.83. The summed E-state index contributed by atoms with van der Waals surface area (Å²) in [7, 11) is 0. The van der Waals surface area contributed by atoms with Crippen LogP contribution in [0.5, 0.6) is 0 Å². The number of rotatable bonds is 10. The maximum Gasteiger partial charge on any atom is 0.364 e. The van der Waals surface area contributed by atoms with Crippen LogP contribution in [-0.2, 0) is 9.53 Å². The van der Waals surface area contributed by atoms with E-state index in [9.17, 15) is 4.79 Å². The van der Waals surface area contributed by atoms with Crippen LogP contribution in [-0.4, -0.2) is 18.6 Å². The van der Waals surface area contributed by atoms with E-state index in [4.69, 9.17) is 4.74 Å². The van der Waals surface area contributed by atoms with Crippen molar-refractivity contribution in [3.8, 4) is 0 Å². The van der Waals surface area contributed by atoms with Crippen molar-refractivity contribution >= 4 is 5.97 Å². The lowest BCUT2D eigenvalue weighted by molar-refractivity contribution is -0.411. The quantitative estimate of drug-likeness (QED) is 0.474. The summed E-state index contributed by atoms with van der Waals surface area (Å²) in [5, 5.41) is 0. The summed E-state index contributed by atoms with van der Waals surface area (Å²) in [4.78, 5) is 11.5. The molecule has 0 saturated heterocycles. The highest BCUT2D eigenvalue weighted by molar-refractivity contribution is 5.73. The highest BCUT2D eigenvalue weighted by atomic mass is 16.5. The fraction of sp³-hybridized carbons (Fsp3) is 0.929. The van der Waals surface area contributed by atoms with Crippen LogP contribution in [0.2, 0.25) is 0 Å². The Morgan fingerprint density at radius 2 is 1.71 bits per heavy atom. The lowest BCUT2D eigenvalue weighted by atomic mass is 10.1. The molecule has 3 N–H and O–H groups in total. The molecule has 0 aromatic heterocycles. The average molecular weight is 244 g/mol. The van der Waals surface area contributed by atoms with Gasteiger partial charge in [-0.25, -0.2) is 4.79 Å². The summed E-state index contributed by atoms with van der Waals surface area (Å²) in [6.45, 7) is 6.97. The van der Waals surface area contributed by atoms with Gasteiger partial charge in [0.15, 0.2) is 6.04 Å². The third kappa shape index (κ3) is 10.3. The minimum absolute atomic E-state index is 0.132. The molecule has 0 unspecified atom stereocenters. The van der Waals surface area contributed by atoms with E-state index in [1.54, 1.807) is 0 Å². The molecule has 17 heavy (non-hydrogen) atoms. The Balaban J connectivity index is 3.38. The van der Waals surface area contributed by atoms with Gasteiger partial charge in [-0.05, 0) is 12.3 Å². The summed E-state index contributed by atoms with van der Waals surface area (Å²) in [6, 6.07) is -0.199. The van der Waals surface area contributed by atoms with E-state index in [1.807, 2.05) is 0 Å². The third-order valence-electron chi connectivity index (χ3n) is 2.83. The van der Waals surface area contributed by atoms with Crippen LogP contribution in [0.3, 0.4) is 0 Å². The fourth-order valence-electron chi connectivity index (χ4n) is 1.84. The maximum absolute atomic E-state index is 11.5. The van der Waals surface area contributed by atoms with Crippen molar-refractivity contribution in [1.29, 1.82) is 0 Å². The molecule has 0 heterocycles. The summed E-state index contributed by atoms with van der Waals surface area (Å²) in [6.07, 6.45) is 8.11. The summed E-state index contributed by atoms with van der Waals surface area (Å²) in [5.41, 5.74) is 3.84. The van der Waals surface area contributed by atoms with Gasteiger partial charge in [-0.2, -0.15) is 0 Å². The normalized spacial score (nSPS) is 12.8. The number of unbranched alkanes of at least 4 members (excludes halogenated alkanes) is 5. The van der Waals surface area contributed by atoms with E-state index in [0.717, 1.165) is 12.8 Å². The Labute approximate surface area is 106 Å². The first kappa shape index (κ1) is 16.4. The second-order valence-corrected chi connectivity index (χ2v) is 5.26. The number of hydrogen-bond donors (Lipinski definition) is 1. The van der Waals surface area contributed by atoms with Crippen molar-refractivity contribution < 1.29 is 15.3 Å². The van der Waals surface area contributed by atoms with Crippen molar-refractivity contribution in [3.63, 3.8) is 0 Å². The molecular formula is C14H30NO2+. The van der Waals surface area contributed by atoms with Crippen LogP contribution in [0.4, 0.5) is 0 Å². The number of hydrogen-bond acceptors (Lipinski definition) is 2. The molecule has 0 bridgehead atoms. The minimum atomic E-state index is -0.199. The van der Waals surface area contributed by atoms with E-state index >= 15 is 0 Å². The number of esters is 1. The molecule has 0 aromatic rings. The summed E-state index contributed by atoms with van der Waals surface area (Å²) < 4.78 is 5.21. The van der Waals surface area contributed by atoms with Crippen LogP contribution >= 0.6 is 0 Å². The van der Waals surface area contributed by atoms with Crippen molar-refractivity contribution in [2.45, 2.75) is 71.8 Å². The topological polar surface area (TPSA) is 53.9 Å². The minimum Gasteiger partial charge on any atom is -0.461 e. The molecular weight excluding hydrogens is 214 g/mol. The maximum atomic E-state index is 11.5. The number of carbonyl (C=O) groups is 1. The molecule has 0 saturated carbocycles. The Hall–Kier alpha value is -0.570. The van der Waals surface area contributed by atoms with Crippen LogP contribution in [0.1, 0.15) is 65.7 Å². The average Bonchev–Trinajstić information content (AvgIpc) is 2.26. The highest BCUT2D eigenvalue weighted by Gasteiger charge is 2.19. The van der Waals surface area contributed by atoms with E-state index in [2.05, 4.69) is 26.5 Å². The van der Waals surface area contributed by atoms with Crippen LogP contribution in [0, 0.1) is 5.92 Å². The molecule has 0 rings (SSSR count). The molecule has 0 amide bonds. The first-order chi connectivity index (χ1) is 8.07. The zero-order valence-corrected chi connectivity index (χ0v) is 11.8. The molecule has 0 radical (unpaired) electrons. The smallest absolute Gasteiger partial charge is 0.364 e. The largest absolute Gasteiger partial charge is 0.461 e. The zero-order valence-electron chi connectivity index (χ0n) is 11.8. The van der Waals surface area contributed by atoms with Gasteiger partial charge in [0.25, 0.3) is 0 Å². The first-order valence-electron chi connectivity index (χ1n) is 7.07. The molecule has 0 aliphatic carbocycles. The Morgan fingerprint density at radius 3 is 2.29 bits per heavy atom. The van der Waals surface area contributed by atoms with Crippen LogP contribution in [0.15, 0.2) is 0 Å². The van der Waals surface area contributed by atoms with Gasteiger partial charge in [0.1, 0.15) is 0 Å². The molecule has 0 aromatic carbocycles. The standard InChI is InChI=1S/C14H29NO2/c1-4-5-6-7-8-9-10-17-14(16)13(15)11-12(2)3/h12-13H,4-11,15H2,1-3H3/p+1/t13-/m1/s1. The lowest BCUT2D eigenvalue weighted by Gasteiger charge is -2.10. The number of quaternary nitrogens is 1. The molecule has 0 aliphatic heterocycles. The Morgan fingerprint density at radius 1 is 1.12 bits per heavy atom. The van der Waals surface area contributed by atoms with E-state index < -0.39 is 0 Å². The van der Waals surface area contributed by atoms with Gasteiger partial charge in [-0.3, -0.25) is 0 Å². The van der Waals surface area contributed by atoms with E-state index in [-0.39, 0.29) is 12.0 Å². The van der Waals surface area contributed by atoms with Gasteiger partial charge in [0, 0.05) is 6.42 Å². The lowest BCUT2D eigenvalue weighted by Crippen LogP contribution is -2.65. The molecule has 3 nitrogen and oxygen atoms in total. The Bertz CT molecular complexity index is 193.